The summed E-state index contributed by atoms with van der Waals surface area (Å²) in [6.45, 7) is 4.27. The first-order chi connectivity index (χ1) is 8.45. The van der Waals surface area contributed by atoms with Gasteiger partial charge in [0.25, 0.3) is 0 Å². The minimum absolute atomic E-state index is 0.00394. The van der Waals surface area contributed by atoms with Crippen LogP contribution in [0.1, 0.15) is 55.7 Å². The van der Waals surface area contributed by atoms with Gasteiger partial charge >= 0.3 is 0 Å². The van der Waals surface area contributed by atoms with Crippen LogP contribution < -0.4 is 0 Å². The van der Waals surface area contributed by atoms with Crippen molar-refractivity contribution in [2.45, 2.75) is 56.8 Å². The zero-order chi connectivity index (χ0) is 13.3. The van der Waals surface area contributed by atoms with E-state index in [2.05, 4.69) is 13.8 Å². The molecule has 0 bridgehead atoms. The summed E-state index contributed by atoms with van der Waals surface area (Å²) in [7, 11) is -4.34. The van der Waals surface area contributed by atoms with Crippen LogP contribution in [0.3, 0.4) is 0 Å². The zero-order valence-corrected chi connectivity index (χ0v) is 11.7. The number of fused-ring (bicyclic) bond motifs is 1. The van der Waals surface area contributed by atoms with Gasteiger partial charge < -0.3 is 4.55 Å². The number of rotatable bonds is 3. The Morgan fingerprint density at radius 2 is 1.83 bits per heavy atom. The average molecular weight is 267 g/mol. The molecule has 2 rings (SSSR count). The summed E-state index contributed by atoms with van der Waals surface area (Å²) in [6.07, 6.45) is 4.70. The van der Waals surface area contributed by atoms with E-state index in [4.69, 9.17) is 0 Å². The molecule has 0 radical (unpaired) electrons. The number of hydrogen-bond donors (Lipinski definition) is 0. The molecule has 1 aliphatic carbocycles. The van der Waals surface area contributed by atoms with Gasteiger partial charge in [-0.1, -0.05) is 19.9 Å². The van der Waals surface area contributed by atoms with Gasteiger partial charge in [0, 0.05) is 0 Å². The molecule has 1 aliphatic rings. The standard InChI is InChI=1S/C14H20O3S/c1-3-10(2)11-8-9-14(18(15,16)17)13-7-5-4-6-12(11)13/h8-10H,3-7H2,1-2H3,(H,15,16,17)/p-1. The topological polar surface area (TPSA) is 57.2 Å². The van der Waals surface area contributed by atoms with Crippen molar-refractivity contribution in [3.05, 3.63) is 28.8 Å². The van der Waals surface area contributed by atoms with Gasteiger partial charge in [0.2, 0.25) is 0 Å². The highest BCUT2D eigenvalue weighted by molar-refractivity contribution is 7.85. The Kier molecular flexibility index (Phi) is 3.78. The summed E-state index contributed by atoms with van der Waals surface area (Å²) in [4.78, 5) is 0.00394. The molecule has 0 N–H and O–H groups in total. The van der Waals surface area contributed by atoms with E-state index in [1.54, 1.807) is 0 Å². The molecular formula is C14H19O3S-. The molecule has 0 aliphatic heterocycles. The van der Waals surface area contributed by atoms with Crippen LogP contribution in [0.15, 0.2) is 17.0 Å². The van der Waals surface area contributed by atoms with Crippen molar-refractivity contribution < 1.29 is 13.0 Å². The molecule has 0 saturated carbocycles. The fourth-order valence-corrected chi connectivity index (χ4v) is 3.54. The predicted molar refractivity (Wildman–Crippen MR) is 69.8 cm³/mol. The maximum absolute atomic E-state index is 11.3. The molecule has 1 atom stereocenters. The van der Waals surface area contributed by atoms with Crippen LogP contribution in [0, 0.1) is 0 Å². The third kappa shape index (κ3) is 2.45. The zero-order valence-electron chi connectivity index (χ0n) is 10.9. The van der Waals surface area contributed by atoms with Crippen LogP contribution in [0.5, 0.6) is 0 Å². The van der Waals surface area contributed by atoms with Gasteiger partial charge in [-0.25, -0.2) is 8.42 Å². The monoisotopic (exact) mass is 267 g/mol. The number of hydrogen-bond acceptors (Lipinski definition) is 3. The minimum Gasteiger partial charge on any atom is -0.744 e. The van der Waals surface area contributed by atoms with E-state index < -0.39 is 10.1 Å². The lowest BCUT2D eigenvalue weighted by Crippen LogP contribution is -2.14. The highest BCUT2D eigenvalue weighted by atomic mass is 32.2. The molecule has 4 heteroatoms. The Balaban J connectivity index is 2.63. The molecule has 100 valence electrons. The first-order valence-electron chi connectivity index (χ1n) is 6.55. The highest BCUT2D eigenvalue weighted by Gasteiger charge is 2.21. The number of benzene rings is 1. The molecule has 1 unspecified atom stereocenters. The van der Waals surface area contributed by atoms with Gasteiger partial charge in [0.1, 0.15) is 10.1 Å². The lowest BCUT2D eigenvalue weighted by atomic mass is 9.83. The van der Waals surface area contributed by atoms with Crippen LogP contribution >= 0.6 is 0 Å². The van der Waals surface area contributed by atoms with Gasteiger partial charge in [0.15, 0.2) is 0 Å². The Hall–Kier alpha value is -0.870. The minimum atomic E-state index is -4.34. The van der Waals surface area contributed by atoms with Crippen molar-refractivity contribution in [1.29, 1.82) is 0 Å². The van der Waals surface area contributed by atoms with Crippen LogP contribution in [0.4, 0.5) is 0 Å². The van der Waals surface area contributed by atoms with Gasteiger partial charge in [-0.3, -0.25) is 0 Å². The Bertz CT molecular complexity index is 546. The normalized spacial score (nSPS) is 17.3. The van der Waals surface area contributed by atoms with Gasteiger partial charge in [-0.05, 0) is 60.8 Å². The van der Waals surface area contributed by atoms with Crippen LogP contribution in [-0.2, 0) is 23.0 Å². The molecule has 0 fully saturated rings. The molecule has 1 aromatic carbocycles. The van der Waals surface area contributed by atoms with Crippen molar-refractivity contribution in [3.63, 3.8) is 0 Å². The fraction of sp³-hybridized carbons (Fsp3) is 0.571. The third-order valence-electron chi connectivity index (χ3n) is 3.94. The van der Waals surface area contributed by atoms with Gasteiger partial charge in [0.05, 0.1) is 4.90 Å². The van der Waals surface area contributed by atoms with Crippen molar-refractivity contribution in [1.82, 2.24) is 0 Å². The van der Waals surface area contributed by atoms with E-state index in [0.29, 0.717) is 5.92 Å². The molecule has 0 heterocycles. The molecule has 0 saturated heterocycles. The molecule has 0 amide bonds. The molecule has 1 aromatic rings. The second-order valence-electron chi connectivity index (χ2n) is 5.08. The quantitative estimate of drug-likeness (QED) is 0.791. The summed E-state index contributed by atoms with van der Waals surface area (Å²) < 4.78 is 33.9. The highest BCUT2D eigenvalue weighted by Crippen LogP contribution is 2.34. The molecular weight excluding hydrogens is 248 g/mol. The van der Waals surface area contributed by atoms with Gasteiger partial charge in [-0.2, -0.15) is 0 Å². The second-order valence-corrected chi connectivity index (χ2v) is 6.43. The van der Waals surface area contributed by atoms with E-state index in [-0.39, 0.29) is 4.90 Å². The van der Waals surface area contributed by atoms with E-state index >= 15 is 0 Å². The summed E-state index contributed by atoms with van der Waals surface area (Å²) in [5, 5.41) is 0. The predicted octanol–water partition coefficient (Wildman–Crippen LogP) is 2.98. The summed E-state index contributed by atoms with van der Waals surface area (Å²) >= 11 is 0. The lowest BCUT2D eigenvalue weighted by Gasteiger charge is -2.26. The van der Waals surface area contributed by atoms with E-state index in [1.165, 1.54) is 11.6 Å². The Labute approximate surface area is 109 Å². The maximum Gasteiger partial charge on any atom is 0.124 e. The average Bonchev–Trinajstić information content (AvgIpc) is 2.35. The summed E-state index contributed by atoms with van der Waals surface area (Å²) in [5.41, 5.74) is 3.13. The van der Waals surface area contributed by atoms with E-state index in [9.17, 15) is 13.0 Å². The van der Waals surface area contributed by atoms with Gasteiger partial charge in [-0.15, -0.1) is 0 Å². The van der Waals surface area contributed by atoms with Crippen molar-refractivity contribution in [3.8, 4) is 0 Å². The Morgan fingerprint density at radius 1 is 1.22 bits per heavy atom. The SMILES string of the molecule is CCC(C)c1ccc(S(=O)(=O)[O-])c2c1CCCC2. The fourth-order valence-electron chi connectivity index (χ4n) is 2.78. The Morgan fingerprint density at radius 3 is 2.39 bits per heavy atom. The summed E-state index contributed by atoms with van der Waals surface area (Å²) in [5.74, 6) is 0.417. The van der Waals surface area contributed by atoms with Crippen molar-refractivity contribution >= 4 is 10.1 Å². The molecule has 3 nitrogen and oxygen atoms in total. The largest absolute Gasteiger partial charge is 0.744 e. The first-order valence-corrected chi connectivity index (χ1v) is 7.96. The van der Waals surface area contributed by atoms with Crippen LogP contribution in [0.2, 0.25) is 0 Å². The third-order valence-corrected chi connectivity index (χ3v) is 4.86. The lowest BCUT2D eigenvalue weighted by molar-refractivity contribution is 0.460. The molecule has 0 aromatic heterocycles. The molecule has 0 spiro atoms. The van der Waals surface area contributed by atoms with Crippen molar-refractivity contribution in [2.75, 3.05) is 0 Å². The molecule has 18 heavy (non-hydrogen) atoms. The second kappa shape index (κ2) is 5.02. The van der Waals surface area contributed by atoms with E-state index in [1.807, 2.05) is 6.07 Å². The summed E-state index contributed by atoms with van der Waals surface area (Å²) in [6, 6.07) is 3.34. The smallest absolute Gasteiger partial charge is 0.124 e. The van der Waals surface area contributed by atoms with E-state index in [0.717, 1.165) is 43.2 Å². The maximum atomic E-state index is 11.3. The van der Waals surface area contributed by atoms with Crippen LogP contribution in [0.25, 0.3) is 0 Å². The van der Waals surface area contributed by atoms with Crippen LogP contribution in [-0.4, -0.2) is 13.0 Å². The van der Waals surface area contributed by atoms with Crippen molar-refractivity contribution in [2.24, 2.45) is 0 Å². The first kappa shape index (κ1) is 13.6.